The van der Waals surface area contributed by atoms with Gasteiger partial charge in [0.15, 0.2) is 0 Å². The maximum absolute atomic E-state index is 13.3. The van der Waals surface area contributed by atoms with E-state index in [0.29, 0.717) is 24.3 Å². The molecule has 1 aliphatic heterocycles. The third kappa shape index (κ3) is 4.37. The minimum absolute atomic E-state index is 0.0574. The van der Waals surface area contributed by atoms with E-state index < -0.39 is 0 Å². The highest BCUT2D eigenvalue weighted by molar-refractivity contribution is 5.83. The summed E-state index contributed by atoms with van der Waals surface area (Å²) < 4.78 is 2.07. The van der Waals surface area contributed by atoms with Gasteiger partial charge in [-0.2, -0.15) is 0 Å². The first-order chi connectivity index (χ1) is 14.3. The first-order valence-electron chi connectivity index (χ1n) is 11.4. The molecule has 6 heteroatoms. The average molecular weight is 411 g/mol. The lowest BCUT2D eigenvalue weighted by molar-refractivity contribution is -0.133. The summed E-state index contributed by atoms with van der Waals surface area (Å²) in [6.45, 7) is 11.1. The number of nitrogens with zero attached hydrogens (tertiary/aromatic N) is 4. The molecule has 1 aromatic heterocycles. The highest BCUT2D eigenvalue weighted by Crippen LogP contribution is 2.37. The van der Waals surface area contributed by atoms with Crippen LogP contribution in [0.1, 0.15) is 58.7 Å². The van der Waals surface area contributed by atoms with Gasteiger partial charge >= 0.3 is 0 Å². The lowest BCUT2D eigenvalue weighted by atomic mass is 10.1. The predicted octanol–water partition coefficient (Wildman–Crippen LogP) is 3.66. The molecule has 1 saturated heterocycles. The fraction of sp³-hybridized carbons (Fsp3) is 0.625. The smallest absolute Gasteiger partial charge is 0.242 e. The van der Waals surface area contributed by atoms with Gasteiger partial charge in [0.05, 0.1) is 11.0 Å². The van der Waals surface area contributed by atoms with Crippen molar-refractivity contribution in [2.75, 3.05) is 19.6 Å². The Hall–Kier alpha value is -2.37. The molecule has 0 spiro atoms. The Kier molecular flexibility index (Phi) is 5.85. The number of hydrogen-bond donors (Lipinski definition) is 0. The Morgan fingerprint density at radius 2 is 1.80 bits per heavy atom. The Morgan fingerprint density at radius 3 is 2.43 bits per heavy atom. The van der Waals surface area contributed by atoms with E-state index in [1.54, 1.807) is 0 Å². The van der Waals surface area contributed by atoms with Crippen molar-refractivity contribution in [2.45, 2.75) is 65.5 Å². The molecule has 30 heavy (non-hydrogen) atoms. The number of amides is 2. The van der Waals surface area contributed by atoms with Gasteiger partial charge in [0.1, 0.15) is 12.4 Å². The topological polar surface area (TPSA) is 58.4 Å². The number of benzene rings is 1. The second-order valence-electron chi connectivity index (χ2n) is 9.81. The SMILES string of the molecule is CC(C)CN(CC(C)C)C(=O)Cn1c(C2CC(=O)N(C3CC3)C2)nc2ccccc21. The van der Waals surface area contributed by atoms with E-state index in [2.05, 4.69) is 32.3 Å². The predicted molar refractivity (Wildman–Crippen MR) is 118 cm³/mol. The van der Waals surface area contributed by atoms with E-state index in [1.807, 2.05) is 34.1 Å². The van der Waals surface area contributed by atoms with Gasteiger partial charge in [0, 0.05) is 38.0 Å². The van der Waals surface area contributed by atoms with E-state index in [1.165, 1.54) is 0 Å². The molecule has 6 nitrogen and oxygen atoms in total. The second kappa shape index (κ2) is 8.40. The van der Waals surface area contributed by atoms with E-state index in [4.69, 9.17) is 4.98 Å². The molecule has 2 fully saturated rings. The summed E-state index contributed by atoms with van der Waals surface area (Å²) in [7, 11) is 0. The van der Waals surface area contributed by atoms with E-state index >= 15 is 0 Å². The van der Waals surface area contributed by atoms with Gasteiger partial charge in [0.2, 0.25) is 11.8 Å². The summed E-state index contributed by atoms with van der Waals surface area (Å²) in [5.74, 6) is 2.15. The largest absolute Gasteiger partial charge is 0.341 e. The standard InChI is InChI=1S/C24H34N4O2/c1-16(2)12-26(13-17(3)4)23(30)15-28-21-8-6-5-7-20(21)25-24(28)18-11-22(29)27(14-18)19-9-10-19/h5-8,16-19H,9-15H2,1-4H3. The van der Waals surface area contributed by atoms with Crippen LogP contribution in [0.4, 0.5) is 0 Å². The van der Waals surface area contributed by atoms with E-state index in [0.717, 1.165) is 49.3 Å². The summed E-state index contributed by atoms with van der Waals surface area (Å²) in [5, 5.41) is 0. The van der Waals surface area contributed by atoms with Crippen molar-refractivity contribution >= 4 is 22.8 Å². The molecular weight excluding hydrogens is 376 g/mol. The molecule has 1 atom stereocenters. The van der Waals surface area contributed by atoms with Gasteiger partial charge in [-0.05, 0) is 36.8 Å². The van der Waals surface area contributed by atoms with Crippen molar-refractivity contribution < 1.29 is 9.59 Å². The number of carbonyl (C=O) groups is 2. The minimum atomic E-state index is 0.0574. The van der Waals surface area contributed by atoms with Crippen LogP contribution in [-0.2, 0) is 16.1 Å². The van der Waals surface area contributed by atoms with Gasteiger partial charge < -0.3 is 14.4 Å². The van der Waals surface area contributed by atoms with Gasteiger partial charge in [-0.1, -0.05) is 39.8 Å². The molecule has 2 aliphatic rings. The molecule has 1 saturated carbocycles. The fourth-order valence-electron chi connectivity index (χ4n) is 4.61. The quantitative estimate of drug-likeness (QED) is 0.667. The van der Waals surface area contributed by atoms with Crippen molar-refractivity contribution in [1.82, 2.24) is 19.4 Å². The summed E-state index contributed by atoms with van der Waals surface area (Å²) in [4.78, 5) is 34.8. The lowest BCUT2D eigenvalue weighted by Gasteiger charge is -2.27. The molecule has 162 valence electrons. The van der Waals surface area contributed by atoms with Gasteiger partial charge in [-0.15, -0.1) is 0 Å². The zero-order valence-electron chi connectivity index (χ0n) is 18.7. The molecule has 0 bridgehead atoms. The second-order valence-corrected chi connectivity index (χ2v) is 9.81. The van der Waals surface area contributed by atoms with Gasteiger partial charge in [-0.3, -0.25) is 9.59 Å². The van der Waals surface area contributed by atoms with Crippen LogP contribution >= 0.6 is 0 Å². The summed E-state index contributed by atoms with van der Waals surface area (Å²) in [6.07, 6.45) is 2.73. The molecule has 2 amide bonds. The van der Waals surface area contributed by atoms with Crippen LogP contribution in [0.15, 0.2) is 24.3 Å². The van der Waals surface area contributed by atoms with Crippen LogP contribution in [-0.4, -0.2) is 56.8 Å². The molecular formula is C24H34N4O2. The molecule has 0 radical (unpaired) electrons. The number of hydrogen-bond acceptors (Lipinski definition) is 3. The maximum atomic E-state index is 13.3. The van der Waals surface area contributed by atoms with Crippen molar-refractivity contribution in [3.63, 3.8) is 0 Å². The Bertz CT molecular complexity index is 918. The number of imidazole rings is 1. The molecule has 1 aromatic carbocycles. The molecule has 0 N–H and O–H groups in total. The Morgan fingerprint density at radius 1 is 1.13 bits per heavy atom. The maximum Gasteiger partial charge on any atom is 0.242 e. The molecule has 2 heterocycles. The Labute approximate surface area is 179 Å². The van der Waals surface area contributed by atoms with Gasteiger partial charge in [0.25, 0.3) is 0 Å². The molecule has 4 rings (SSSR count). The fourth-order valence-corrected chi connectivity index (χ4v) is 4.61. The van der Waals surface area contributed by atoms with Crippen LogP contribution in [0.3, 0.4) is 0 Å². The van der Waals surface area contributed by atoms with Crippen LogP contribution in [0.2, 0.25) is 0 Å². The first-order valence-corrected chi connectivity index (χ1v) is 11.4. The third-order valence-corrected chi connectivity index (χ3v) is 6.01. The zero-order chi connectivity index (χ0) is 21.4. The highest BCUT2D eigenvalue weighted by Gasteiger charge is 2.41. The van der Waals surface area contributed by atoms with E-state index in [9.17, 15) is 9.59 Å². The van der Waals surface area contributed by atoms with Crippen molar-refractivity contribution in [2.24, 2.45) is 11.8 Å². The monoisotopic (exact) mass is 410 g/mol. The molecule has 2 aromatic rings. The van der Waals surface area contributed by atoms with Gasteiger partial charge in [-0.25, -0.2) is 4.98 Å². The summed E-state index contributed by atoms with van der Waals surface area (Å²) in [6, 6.07) is 8.42. The number of aromatic nitrogens is 2. The molecule has 1 unspecified atom stereocenters. The number of para-hydroxylation sites is 2. The number of carbonyl (C=O) groups excluding carboxylic acids is 2. The Balaban J connectivity index is 1.63. The number of rotatable bonds is 8. The summed E-state index contributed by atoms with van der Waals surface area (Å²) >= 11 is 0. The van der Waals surface area contributed by atoms with Crippen molar-refractivity contribution in [1.29, 1.82) is 0 Å². The van der Waals surface area contributed by atoms with E-state index in [-0.39, 0.29) is 24.3 Å². The lowest BCUT2D eigenvalue weighted by Crippen LogP contribution is -2.39. The van der Waals surface area contributed by atoms with Crippen LogP contribution in [0, 0.1) is 11.8 Å². The third-order valence-electron chi connectivity index (χ3n) is 6.01. The van der Waals surface area contributed by atoms with Crippen LogP contribution in [0.5, 0.6) is 0 Å². The molecule has 1 aliphatic carbocycles. The number of fused-ring (bicyclic) bond motifs is 1. The average Bonchev–Trinajstić information content (AvgIpc) is 3.36. The van der Waals surface area contributed by atoms with Crippen molar-refractivity contribution in [3.8, 4) is 0 Å². The normalized spacial score (nSPS) is 19.5. The summed E-state index contributed by atoms with van der Waals surface area (Å²) in [5.41, 5.74) is 1.88. The number of likely N-dealkylation sites (tertiary alicyclic amines) is 1. The highest BCUT2D eigenvalue weighted by atomic mass is 16.2. The van der Waals surface area contributed by atoms with Crippen LogP contribution < -0.4 is 0 Å². The van der Waals surface area contributed by atoms with Crippen molar-refractivity contribution in [3.05, 3.63) is 30.1 Å². The van der Waals surface area contributed by atoms with Crippen LogP contribution in [0.25, 0.3) is 11.0 Å². The zero-order valence-corrected chi connectivity index (χ0v) is 18.7. The first kappa shape index (κ1) is 20.9. The minimum Gasteiger partial charge on any atom is -0.341 e.